The average Bonchev–Trinajstić information content (AvgIpc) is 3.33. The number of hydrogen-bond donors (Lipinski definition) is 2. The van der Waals surface area contributed by atoms with Gasteiger partial charge in [-0.3, -0.25) is 10.1 Å². The highest BCUT2D eigenvalue weighted by molar-refractivity contribution is 7.92. The van der Waals surface area contributed by atoms with Gasteiger partial charge < -0.3 is 0 Å². The van der Waals surface area contributed by atoms with Crippen molar-refractivity contribution in [1.82, 2.24) is 14.9 Å². The second-order valence-electron chi connectivity index (χ2n) is 7.37. The monoisotopic (exact) mass is 492 g/mol. The number of aromatic nitrogens is 2. The maximum absolute atomic E-state index is 12.7. The first-order valence-electron chi connectivity index (χ1n) is 9.71. The summed E-state index contributed by atoms with van der Waals surface area (Å²) < 4.78 is 50.9. The minimum Gasteiger partial charge on any atom is -0.296 e. The molecular weight excluding hydrogens is 472 g/mol. The van der Waals surface area contributed by atoms with Crippen LogP contribution in [0.3, 0.4) is 0 Å². The molecule has 0 saturated carbocycles. The number of rotatable bonds is 7. The van der Waals surface area contributed by atoms with E-state index >= 15 is 0 Å². The minimum absolute atomic E-state index is 0.0449. The quantitative estimate of drug-likeness (QED) is 0.514. The number of sulfonamides is 1. The molecule has 2 N–H and O–H groups in total. The average molecular weight is 493 g/mol. The molecule has 3 aromatic rings. The van der Waals surface area contributed by atoms with Crippen LogP contribution in [-0.4, -0.2) is 50.5 Å². The van der Waals surface area contributed by atoms with Crippen molar-refractivity contribution in [1.29, 1.82) is 0 Å². The Kier molecular flexibility index (Phi) is 6.38. The zero-order valence-electron chi connectivity index (χ0n) is 16.8. The number of amides is 1. The third-order valence-corrected chi connectivity index (χ3v) is 8.97. The fraction of sp³-hybridized carbons (Fsp3) is 0.250. The molecule has 0 spiro atoms. The number of carbonyl (C=O) groups excluding carboxylic acids is 1. The Bertz CT molecular complexity index is 1340. The van der Waals surface area contributed by atoms with E-state index in [0.29, 0.717) is 11.6 Å². The Morgan fingerprint density at radius 2 is 1.88 bits per heavy atom. The van der Waals surface area contributed by atoms with Gasteiger partial charge in [-0.15, -0.1) is 10.2 Å². The molecule has 1 atom stereocenters. The molecule has 1 aliphatic rings. The van der Waals surface area contributed by atoms with Gasteiger partial charge in [0.25, 0.3) is 5.91 Å². The number of nitrogens with one attached hydrogen (secondary N) is 2. The molecule has 9 nitrogen and oxygen atoms in total. The summed E-state index contributed by atoms with van der Waals surface area (Å²) in [7, 11) is -7.20. The number of benzene rings is 2. The van der Waals surface area contributed by atoms with Crippen LogP contribution in [-0.2, 0) is 26.3 Å². The largest absolute Gasteiger partial charge is 0.296 e. The summed E-state index contributed by atoms with van der Waals surface area (Å²) in [6, 6.07) is 14.6. The third-order valence-electron chi connectivity index (χ3n) is 4.85. The van der Waals surface area contributed by atoms with Gasteiger partial charge in [0.05, 0.1) is 16.4 Å². The van der Waals surface area contributed by atoms with Gasteiger partial charge in [0.2, 0.25) is 15.2 Å². The Hall–Kier alpha value is -2.67. The molecule has 1 fully saturated rings. The lowest BCUT2D eigenvalue weighted by Crippen LogP contribution is -2.35. The van der Waals surface area contributed by atoms with Gasteiger partial charge in [0, 0.05) is 18.0 Å². The molecule has 1 amide bonds. The normalized spacial score (nSPS) is 17.8. The zero-order chi connectivity index (χ0) is 22.8. The highest BCUT2D eigenvalue weighted by Crippen LogP contribution is 2.21. The Morgan fingerprint density at radius 3 is 2.59 bits per heavy atom. The van der Waals surface area contributed by atoms with Crippen LogP contribution in [0, 0.1) is 0 Å². The summed E-state index contributed by atoms with van der Waals surface area (Å²) in [4.78, 5) is 12.5. The van der Waals surface area contributed by atoms with Crippen LogP contribution in [0.4, 0.5) is 5.13 Å². The molecule has 2 heterocycles. The fourth-order valence-corrected chi connectivity index (χ4v) is 7.16. The van der Waals surface area contributed by atoms with Crippen molar-refractivity contribution >= 4 is 42.2 Å². The molecule has 0 aliphatic carbocycles. The molecule has 1 saturated heterocycles. The SMILES string of the molecule is O=C(Nc1nnc(Cc2ccccc2)s1)c1cccc(S(=O)(=O)NC2CCS(=O)(=O)C2)c1. The van der Waals surface area contributed by atoms with Gasteiger partial charge >= 0.3 is 0 Å². The molecule has 0 radical (unpaired) electrons. The summed E-state index contributed by atoms with van der Waals surface area (Å²) >= 11 is 1.24. The summed E-state index contributed by atoms with van der Waals surface area (Å²) in [5, 5.41) is 11.7. The Labute approximate surface area is 189 Å². The summed E-state index contributed by atoms with van der Waals surface area (Å²) in [5.41, 5.74) is 1.20. The molecule has 32 heavy (non-hydrogen) atoms. The first-order valence-corrected chi connectivity index (χ1v) is 13.8. The van der Waals surface area contributed by atoms with Crippen molar-refractivity contribution in [2.45, 2.75) is 23.8 Å². The van der Waals surface area contributed by atoms with Gasteiger partial charge in [0.1, 0.15) is 5.01 Å². The highest BCUT2D eigenvalue weighted by atomic mass is 32.2. The van der Waals surface area contributed by atoms with Gasteiger partial charge in [-0.2, -0.15) is 0 Å². The van der Waals surface area contributed by atoms with Crippen molar-refractivity contribution in [2.75, 3.05) is 16.8 Å². The van der Waals surface area contributed by atoms with Crippen molar-refractivity contribution in [3.05, 3.63) is 70.7 Å². The number of anilines is 1. The van der Waals surface area contributed by atoms with Crippen LogP contribution < -0.4 is 10.0 Å². The number of sulfone groups is 1. The second kappa shape index (κ2) is 9.06. The lowest BCUT2D eigenvalue weighted by atomic mass is 10.2. The first-order chi connectivity index (χ1) is 15.2. The Morgan fingerprint density at radius 1 is 1.09 bits per heavy atom. The van der Waals surface area contributed by atoms with E-state index in [4.69, 9.17) is 0 Å². The van der Waals surface area contributed by atoms with E-state index in [9.17, 15) is 21.6 Å². The standard InChI is InChI=1S/C20H20N4O5S3/c25-19(21-20-23-22-18(30-20)11-14-5-2-1-3-6-14)15-7-4-8-17(12-15)32(28,29)24-16-9-10-31(26,27)13-16/h1-8,12,16,24H,9-11,13H2,(H,21,23,25). The maximum atomic E-state index is 12.7. The molecular formula is C20H20N4O5S3. The van der Waals surface area contributed by atoms with E-state index in [-0.39, 0.29) is 28.4 Å². The van der Waals surface area contributed by atoms with E-state index in [1.54, 1.807) is 0 Å². The fourth-order valence-electron chi connectivity index (χ4n) is 3.30. The molecule has 168 valence electrons. The lowest BCUT2D eigenvalue weighted by Gasteiger charge is -2.12. The molecule has 4 rings (SSSR count). The van der Waals surface area contributed by atoms with Crippen LogP contribution in [0.2, 0.25) is 0 Å². The number of carbonyl (C=O) groups is 1. The molecule has 1 unspecified atom stereocenters. The van der Waals surface area contributed by atoms with Gasteiger partial charge in [-0.05, 0) is 30.2 Å². The lowest BCUT2D eigenvalue weighted by molar-refractivity contribution is 0.102. The first kappa shape index (κ1) is 22.5. The van der Waals surface area contributed by atoms with Gasteiger partial charge in [0.15, 0.2) is 9.84 Å². The Balaban J connectivity index is 1.43. The van der Waals surface area contributed by atoms with Crippen molar-refractivity contribution < 1.29 is 21.6 Å². The minimum atomic E-state index is -3.97. The molecule has 0 bridgehead atoms. The second-order valence-corrected chi connectivity index (χ2v) is 12.4. The van der Waals surface area contributed by atoms with E-state index in [0.717, 1.165) is 10.6 Å². The van der Waals surface area contributed by atoms with Crippen molar-refractivity contribution in [3.63, 3.8) is 0 Å². The van der Waals surface area contributed by atoms with E-state index in [2.05, 4.69) is 20.2 Å². The van der Waals surface area contributed by atoms with E-state index in [1.807, 2.05) is 30.3 Å². The smallest absolute Gasteiger partial charge is 0.257 e. The molecule has 12 heteroatoms. The molecule has 1 aromatic heterocycles. The van der Waals surface area contributed by atoms with E-state index < -0.39 is 31.8 Å². The van der Waals surface area contributed by atoms with Gasteiger partial charge in [-0.25, -0.2) is 21.6 Å². The van der Waals surface area contributed by atoms with Crippen LogP contribution in [0.15, 0.2) is 59.5 Å². The maximum Gasteiger partial charge on any atom is 0.257 e. The summed E-state index contributed by atoms with van der Waals surface area (Å²) in [6.45, 7) is 0. The topological polar surface area (TPSA) is 135 Å². The molecule has 2 aromatic carbocycles. The van der Waals surface area contributed by atoms with Crippen molar-refractivity contribution in [2.24, 2.45) is 0 Å². The van der Waals surface area contributed by atoms with E-state index in [1.165, 1.54) is 35.6 Å². The van der Waals surface area contributed by atoms with Gasteiger partial charge in [-0.1, -0.05) is 47.7 Å². The third kappa shape index (κ3) is 5.57. The van der Waals surface area contributed by atoms with Crippen molar-refractivity contribution in [3.8, 4) is 0 Å². The van der Waals surface area contributed by atoms with Crippen LogP contribution in [0.25, 0.3) is 0 Å². The predicted octanol–water partition coefficient (Wildman–Crippen LogP) is 1.85. The molecule has 1 aliphatic heterocycles. The van der Waals surface area contributed by atoms with Crippen LogP contribution >= 0.6 is 11.3 Å². The summed E-state index contributed by atoms with van der Waals surface area (Å²) in [6.07, 6.45) is 0.814. The van der Waals surface area contributed by atoms with Crippen LogP contribution in [0.1, 0.15) is 27.3 Å². The highest BCUT2D eigenvalue weighted by Gasteiger charge is 2.31. The zero-order valence-corrected chi connectivity index (χ0v) is 19.2. The van der Waals surface area contributed by atoms with Crippen LogP contribution in [0.5, 0.6) is 0 Å². The predicted molar refractivity (Wildman–Crippen MR) is 121 cm³/mol. The number of hydrogen-bond acceptors (Lipinski definition) is 8. The summed E-state index contributed by atoms with van der Waals surface area (Å²) in [5.74, 6) is -0.793. The number of nitrogens with zero attached hydrogens (tertiary/aromatic N) is 2.